The molecular weight excluding hydrogens is 134 g/mol. The van der Waals surface area contributed by atoms with Gasteiger partial charge in [-0.1, -0.05) is 0 Å². The van der Waals surface area contributed by atoms with E-state index in [0.717, 1.165) is 29.1 Å². The molecule has 1 spiro atoms. The quantitative estimate of drug-likeness (QED) is 0.553. The predicted octanol–water partition coefficient (Wildman–Crippen LogP) is 1.38. The standard InChI is InChI=1S/C10H15N/c11-9-8-3-5-1-6-4-7(2-5)10(6,8)9/h5-9H,1-4,11H2. The average molecular weight is 149 g/mol. The molecule has 1 heteroatoms. The van der Waals surface area contributed by atoms with E-state index in [1.807, 2.05) is 0 Å². The van der Waals surface area contributed by atoms with E-state index in [4.69, 9.17) is 5.73 Å². The molecule has 11 heavy (non-hydrogen) atoms. The van der Waals surface area contributed by atoms with E-state index in [1.165, 1.54) is 6.42 Å². The van der Waals surface area contributed by atoms with Crippen LogP contribution < -0.4 is 5.73 Å². The number of nitrogens with two attached hydrogens (primary N) is 1. The minimum atomic E-state index is 0.638. The Morgan fingerprint density at radius 3 is 2.27 bits per heavy atom. The molecular formula is C10H15N. The normalized spacial score (nSPS) is 75.5. The lowest BCUT2D eigenvalue weighted by molar-refractivity contribution is -0.0907. The van der Waals surface area contributed by atoms with Gasteiger partial charge in [-0.3, -0.25) is 0 Å². The maximum atomic E-state index is 6.16. The molecule has 0 radical (unpaired) electrons. The molecule has 0 aromatic carbocycles. The third-order valence-electron chi connectivity index (χ3n) is 5.35. The smallest absolute Gasteiger partial charge is 0.0139 e. The molecule has 0 amide bonds. The Labute approximate surface area is 67.3 Å². The van der Waals surface area contributed by atoms with Crippen LogP contribution in [-0.2, 0) is 0 Å². The zero-order valence-corrected chi connectivity index (χ0v) is 6.79. The van der Waals surface area contributed by atoms with E-state index in [1.54, 1.807) is 19.3 Å². The average Bonchev–Trinajstić information content (AvgIpc) is 2.61. The second-order valence-corrected chi connectivity index (χ2v) is 5.33. The van der Waals surface area contributed by atoms with Crippen LogP contribution in [0.2, 0.25) is 0 Å². The number of hydrogen-bond acceptors (Lipinski definition) is 1. The second kappa shape index (κ2) is 1.28. The molecule has 6 aliphatic rings. The van der Waals surface area contributed by atoms with E-state index in [0.29, 0.717) is 6.04 Å². The van der Waals surface area contributed by atoms with Crippen molar-refractivity contribution in [1.82, 2.24) is 0 Å². The van der Waals surface area contributed by atoms with Crippen LogP contribution in [0.15, 0.2) is 0 Å². The molecule has 2 N–H and O–H groups in total. The van der Waals surface area contributed by atoms with Gasteiger partial charge in [0.05, 0.1) is 0 Å². The SMILES string of the molecule is NC1C2CC3CC4CC(C3)C412. The van der Waals surface area contributed by atoms with Gasteiger partial charge >= 0.3 is 0 Å². The van der Waals surface area contributed by atoms with E-state index in [9.17, 15) is 0 Å². The van der Waals surface area contributed by atoms with E-state index in [-0.39, 0.29) is 0 Å². The summed E-state index contributed by atoms with van der Waals surface area (Å²) in [7, 11) is 0. The Hall–Kier alpha value is -0.0400. The lowest BCUT2D eigenvalue weighted by Gasteiger charge is -2.58. The highest BCUT2D eigenvalue weighted by Gasteiger charge is 2.79. The van der Waals surface area contributed by atoms with E-state index < -0.39 is 0 Å². The van der Waals surface area contributed by atoms with Crippen LogP contribution in [0.25, 0.3) is 0 Å². The van der Waals surface area contributed by atoms with Crippen LogP contribution in [0, 0.1) is 29.1 Å². The largest absolute Gasteiger partial charge is 0.327 e. The Bertz CT molecular complexity index is 209. The van der Waals surface area contributed by atoms with Crippen molar-refractivity contribution >= 4 is 0 Å². The van der Waals surface area contributed by atoms with Crippen LogP contribution >= 0.6 is 0 Å². The molecule has 0 aliphatic heterocycles. The summed E-state index contributed by atoms with van der Waals surface area (Å²) < 4.78 is 0. The molecule has 0 aromatic heterocycles. The van der Waals surface area contributed by atoms with Gasteiger partial charge in [-0.2, -0.15) is 0 Å². The van der Waals surface area contributed by atoms with Crippen LogP contribution in [0.5, 0.6) is 0 Å². The first-order chi connectivity index (χ1) is 5.33. The molecule has 4 unspecified atom stereocenters. The summed E-state index contributed by atoms with van der Waals surface area (Å²) in [5.74, 6) is 4.25. The van der Waals surface area contributed by atoms with Gasteiger partial charge in [0.15, 0.2) is 0 Å². The minimum Gasteiger partial charge on any atom is -0.327 e. The van der Waals surface area contributed by atoms with Gasteiger partial charge < -0.3 is 5.73 Å². The zero-order chi connectivity index (χ0) is 7.22. The zero-order valence-electron chi connectivity index (χ0n) is 6.79. The summed E-state index contributed by atoms with van der Waals surface area (Å²) in [5, 5.41) is 0. The first-order valence-corrected chi connectivity index (χ1v) is 5.09. The van der Waals surface area contributed by atoms with Crippen molar-refractivity contribution in [3.8, 4) is 0 Å². The van der Waals surface area contributed by atoms with E-state index >= 15 is 0 Å². The summed E-state index contributed by atoms with van der Waals surface area (Å²) in [4.78, 5) is 0. The van der Waals surface area contributed by atoms with Gasteiger partial charge in [0.1, 0.15) is 0 Å². The van der Waals surface area contributed by atoms with Crippen molar-refractivity contribution in [2.45, 2.75) is 31.7 Å². The number of rotatable bonds is 0. The van der Waals surface area contributed by atoms with Crippen LogP contribution in [0.1, 0.15) is 25.7 Å². The van der Waals surface area contributed by atoms with Crippen molar-refractivity contribution in [3.63, 3.8) is 0 Å². The van der Waals surface area contributed by atoms with Crippen molar-refractivity contribution in [2.75, 3.05) is 0 Å². The van der Waals surface area contributed by atoms with Gasteiger partial charge in [-0.25, -0.2) is 0 Å². The fourth-order valence-corrected chi connectivity index (χ4v) is 5.01. The van der Waals surface area contributed by atoms with Crippen molar-refractivity contribution in [1.29, 1.82) is 0 Å². The van der Waals surface area contributed by atoms with Crippen LogP contribution in [0.4, 0.5) is 0 Å². The third-order valence-corrected chi connectivity index (χ3v) is 5.35. The van der Waals surface area contributed by atoms with Gasteiger partial charge in [-0.15, -0.1) is 0 Å². The first-order valence-electron chi connectivity index (χ1n) is 5.09. The topological polar surface area (TPSA) is 26.0 Å². The summed E-state index contributed by atoms with van der Waals surface area (Å²) in [6.45, 7) is 0. The molecule has 6 saturated carbocycles. The Kier molecular flexibility index (Phi) is 0.651. The molecule has 6 rings (SSSR count). The molecule has 6 aliphatic carbocycles. The maximum absolute atomic E-state index is 6.16. The van der Waals surface area contributed by atoms with Crippen molar-refractivity contribution < 1.29 is 0 Å². The van der Waals surface area contributed by atoms with Gasteiger partial charge in [0.25, 0.3) is 0 Å². The highest BCUT2D eigenvalue weighted by molar-refractivity contribution is 5.30. The predicted molar refractivity (Wildman–Crippen MR) is 42.8 cm³/mol. The van der Waals surface area contributed by atoms with Gasteiger partial charge in [0, 0.05) is 6.04 Å². The highest BCUT2D eigenvalue weighted by atomic mass is 15.0. The van der Waals surface area contributed by atoms with Crippen LogP contribution in [0.3, 0.4) is 0 Å². The molecule has 0 heterocycles. The molecule has 4 atom stereocenters. The monoisotopic (exact) mass is 149 g/mol. The molecule has 0 saturated heterocycles. The molecule has 6 fully saturated rings. The second-order valence-electron chi connectivity index (χ2n) is 5.33. The molecule has 0 aromatic rings. The highest BCUT2D eigenvalue weighted by Crippen LogP contribution is 2.81. The summed E-state index contributed by atoms with van der Waals surface area (Å²) >= 11 is 0. The summed E-state index contributed by atoms with van der Waals surface area (Å²) in [6.07, 6.45) is 6.12. The van der Waals surface area contributed by atoms with Crippen LogP contribution in [-0.4, -0.2) is 6.04 Å². The van der Waals surface area contributed by atoms with Gasteiger partial charge in [-0.05, 0) is 54.8 Å². The lowest BCUT2D eigenvalue weighted by Crippen LogP contribution is -2.52. The lowest BCUT2D eigenvalue weighted by atomic mass is 9.47. The number of hydrogen-bond donors (Lipinski definition) is 1. The van der Waals surface area contributed by atoms with Crippen molar-refractivity contribution in [2.24, 2.45) is 34.8 Å². The summed E-state index contributed by atoms with van der Waals surface area (Å²) in [6, 6.07) is 0.638. The van der Waals surface area contributed by atoms with Gasteiger partial charge in [0.2, 0.25) is 0 Å². The first kappa shape index (κ1) is 5.58. The Morgan fingerprint density at radius 1 is 1.00 bits per heavy atom. The fraction of sp³-hybridized carbons (Fsp3) is 1.00. The molecule has 60 valence electrons. The summed E-state index contributed by atoms with van der Waals surface area (Å²) in [5.41, 5.74) is 6.91. The van der Waals surface area contributed by atoms with E-state index in [2.05, 4.69) is 0 Å². The van der Waals surface area contributed by atoms with Crippen molar-refractivity contribution in [3.05, 3.63) is 0 Å². The molecule has 1 nitrogen and oxygen atoms in total. The Balaban J connectivity index is 1.87. The third kappa shape index (κ3) is 0.358. The maximum Gasteiger partial charge on any atom is 0.0139 e. The minimum absolute atomic E-state index is 0.638. The fourth-order valence-electron chi connectivity index (χ4n) is 5.01. The molecule has 4 bridgehead atoms. The Morgan fingerprint density at radius 2 is 1.73 bits per heavy atom.